The van der Waals surface area contributed by atoms with E-state index in [1.54, 1.807) is 25.7 Å². The number of carbonyl (C=O) groups excluding carboxylic acids is 2. The monoisotopic (exact) mass is 356 g/mol. The Kier molecular flexibility index (Phi) is 6.85. The molecule has 1 unspecified atom stereocenters. The summed E-state index contributed by atoms with van der Waals surface area (Å²) in [5.74, 6) is -1.20. The fraction of sp³-hybridized carbons (Fsp3) is 0.833. The van der Waals surface area contributed by atoms with Gasteiger partial charge in [-0.3, -0.25) is 9.59 Å². The van der Waals surface area contributed by atoms with Gasteiger partial charge in [-0.25, -0.2) is 4.79 Å². The van der Waals surface area contributed by atoms with Crippen LogP contribution in [0.1, 0.15) is 60.8 Å². The zero-order chi connectivity index (χ0) is 19.4. The van der Waals surface area contributed by atoms with Crippen molar-refractivity contribution >= 4 is 18.0 Å². The lowest BCUT2D eigenvalue weighted by Crippen LogP contribution is -2.48. The van der Waals surface area contributed by atoms with Crippen LogP contribution in [-0.2, 0) is 14.3 Å². The van der Waals surface area contributed by atoms with Crippen LogP contribution < -0.4 is 0 Å². The number of carbonyl (C=O) groups is 3. The Labute approximate surface area is 150 Å². The van der Waals surface area contributed by atoms with E-state index in [4.69, 9.17) is 4.74 Å². The molecule has 1 N–H and O–H groups in total. The van der Waals surface area contributed by atoms with E-state index < -0.39 is 17.0 Å². The molecule has 1 saturated heterocycles. The van der Waals surface area contributed by atoms with Crippen LogP contribution in [0.5, 0.6) is 0 Å². The maximum absolute atomic E-state index is 12.7. The minimum absolute atomic E-state index is 0.175. The highest BCUT2D eigenvalue weighted by atomic mass is 16.6. The number of nitrogens with zero attached hydrogens (tertiary/aromatic N) is 2. The Morgan fingerprint density at radius 2 is 1.68 bits per heavy atom. The molecule has 0 saturated carbocycles. The zero-order valence-electron chi connectivity index (χ0n) is 16.3. The number of carboxylic acid groups (broad SMARTS) is 1. The number of aliphatic carboxylic acids is 1. The topological polar surface area (TPSA) is 87.2 Å². The molecule has 1 fully saturated rings. The lowest BCUT2D eigenvalue weighted by Gasteiger charge is -2.34. The molecule has 0 bridgehead atoms. The smallest absolute Gasteiger partial charge is 0.410 e. The third kappa shape index (κ3) is 6.92. The first kappa shape index (κ1) is 21.3. The molecule has 1 aliphatic rings. The standard InChI is InChI=1S/C18H32N2O5/c1-17(2,3)15(23)20(12-14(21)22)13-8-7-10-19(11-9-13)16(24)25-18(4,5)6/h13H,7-12H2,1-6H3,(H,21,22). The number of hydrogen-bond acceptors (Lipinski definition) is 4. The number of carboxylic acids is 1. The van der Waals surface area contributed by atoms with Gasteiger partial charge < -0.3 is 19.6 Å². The van der Waals surface area contributed by atoms with Gasteiger partial charge in [-0.2, -0.15) is 0 Å². The number of likely N-dealkylation sites (tertiary alicyclic amines) is 1. The molecule has 0 aromatic heterocycles. The van der Waals surface area contributed by atoms with Crippen molar-refractivity contribution in [2.24, 2.45) is 5.41 Å². The average Bonchev–Trinajstić information content (AvgIpc) is 2.66. The molecule has 0 radical (unpaired) electrons. The Morgan fingerprint density at radius 3 is 2.16 bits per heavy atom. The summed E-state index contributed by atoms with van der Waals surface area (Å²) < 4.78 is 5.41. The van der Waals surface area contributed by atoms with Crippen molar-refractivity contribution in [3.63, 3.8) is 0 Å². The second-order valence-electron chi connectivity index (χ2n) is 8.63. The number of rotatable bonds is 3. The largest absolute Gasteiger partial charge is 0.480 e. The number of hydrogen-bond donors (Lipinski definition) is 1. The normalized spacial score (nSPS) is 19.1. The van der Waals surface area contributed by atoms with Gasteiger partial charge in [0.25, 0.3) is 0 Å². The van der Waals surface area contributed by atoms with Crippen LogP contribution in [0.4, 0.5) is 4.79 Å². The minimum Gasteiger partial charge on any atom is -0.480 e. The molecule has 0 aliphatic carbocycles. The average molecular weight is 356 g/mol. The Morgan fingerprint density at radius 1 is 1.08 bits per heavy atom. The van der Waals surface area contributed by atoms with E-state index in [2.05, 4.69) is 0 Å². The highest BCUT2D eigenvalue weighted by molar-refractivity contribution is 5.85. The molecule has 1 rings (SSSR count). The van der Waals surface area contributed by atoms with Gasteiger partial charge in [-0.15, -0.1) is 0 Å². The van der Waals surface area contributed by atoms with Crippen LogP contribution in [0.25, 0.3) is 0 Å². The second kappa shape index (κ2) is 8.06. The van der Waals surface area contributed by atoms with Gasteiger partial charge >= 0.3 is 12.1 Å². The van der Waals surface area contributed by atoms with Gasteiger partial charge in [-0.1, -0.05) is 20.8 Å². The van der Waals surface area contributed by atoms with Gasteiger partial charge in [-0.05, 0) is 40.0 Å². The van der Waals surface area contributed by atoms with E-state index in [1.807, 2.05) is 20.8 Å². The summed E-state index contributed by atoms with van der Waals surface area (Å²) in [6.07, 6.45) is 1.57. The second-order valence-corrected chi connectivity index (χ2v) is 8.63. The molecule has 0 aromatic carbocycles. The van der Waals surface area contributed by atoms with E-state index in [-0.39, 0.29) is 24.6 Å². The SMILES string of the molecule is CC(C)(C)OC(=O)N1CCCC(N(CC(=O)O)C(=O)C(C)(C)C)CC1. The van der Waals surface area contributed by atoms with Crippen LogP contribution in [0.3, 0.4) is 0 Å². The summed E-state index contributed by atoms with van der Waals surface area (Å²) in [7, 11) is 0. The molecule has 7 heteroatoms. The number of amides is 2. The predicted octanol–water partition coefficient (Wildman–Crippen LogP) is 2.74. The predicted molar refractivity (Wildman–Crippen MR) is 94.2 cm³/mol. The van der Waals surface area contributed by atoms with Crippen molar-refractivity contribution in [3.05, 3.63) is 0 Å². The van der Waals surface area contributed by atoms with Gasteiger partial charge in [0.2, 0.25) is 5.91 Å². The first-order chi connectivity index (χ1) is 11.3. The van der Waals surface area contributed by atoms with Crippen molar-refractivity contribution in [2.75, 3.05) is 19.6 Å². The zero-order valence-corrected chi connectivity index (χ0v) is 16.3. The molecular formula is C18H32N2O5. The van der Waals surface area contributed by atoms with Crippen LogP contribution in [-0.4, -0.2) is 64.2 Å². The summed E-state index contributed by atoms with van der Waals surface area (Å²) in [5, 5.41) is 9.19. The Hall–Kier alpha value is -1.79. The quantitative estimate of drug-likeness (QED) is 0.840. The molecule has 0 aromatic rings. The number of ether oxygens (including phenoxy) is 1. The third-order valence-corrected chi connectivity index (χ3v) is 4.00. The van der Waals surface area contributed by atoms with Crippen LogP contribution in [0.15, 0.2) is 0 Å². The van der Waals surface area contributed by atoms with Crippen LogP contribution in [0.2, 0.25) is 0 Å². The van der Waals surface area contributed by atoms with Crippen molar-refractivity contribution in [1.29, 1.82) is 0 Å². The molecule has 1 heterocycles. The summed E-state index contributed by atoms with van der Waals surface area (Å²) in [6.45, 7) is 11.5. The fourth-order valence-corrected chi connectivity index (χ4v) is 2.84. The lowest BCUT2D eigenvalue weighted by molar-refractivity contribution is -0.150. The first-order valence-electron chi connectivity index (χ1n) is 8.82. The van der Waals surface area contributed by atoms with E-state index in [0.29, 0.717) is 32.4 Å². The van der Waals surface area contributed by atoms with Crippen molar-refractivity contribution < 1.29 is 24.2 Å². The van der Waals surface area contributed by atoms with E-state index in [1.165, 1.54) is 4.90 Å². The van der Waals surface area contributed by atoms with E-state index in [9.17, 15) is 19.5 Å². The van der Waals surface area contributed by atoms with Gasteiger partial charge in [0.1, 0.15) is 12.1 Å². The molecule has 0 spiro atoms. The molecule has 1 aliphatic heterocycles. The van der Waals surface area contributed by atoms with Crippen LogP contribution >= 0.6 is 0 Å². The van der Waals surface area contributed by atoms with Crippen molar-refractivity contribution in [1.82, 2.24) is 9.80 Å². The van der Waals surface area contributed by atoms with Crippen molar-refractivity contribution in [3.8, 4) is 0 Å². The van der Waals surface area contributed by atoms with E-state index in [0.717, 1.165) is 0 Å². The van der Waals surface area contributed by atoms with E-state index >= 15 is 0 Å². The van der Waals surface area contributed by atoms with Crippen LogP contribution in [0, 0.1) is 5.41 Å². The van der Waals surface area contributed by atoms with Gasteiger partial charge in [0.15, 0.2) is 0 Å². The summed E-state index contributed by atoms with van der Waals surface area (Å²) in [4.78, 5) is 39.2. The Balaban J connectivity index is 2.82. The van der Waals surface area contributed by atoms with Gasteiger partial charge in [0.05, 0.1) is 0 Å². The Bertz CT molecular complexity index is 505. The molecule has 2 amide bonds. The molecule has 1 atom stereocenters. The summed E-state index contributed by atoms with van der Waals surface area (Å²) in [5.41, 5.74) is -1.20. The maximum atomic E-state index is 12.7. The van der Waals surface area contributed by atoms with Gasteiger partial charge in [0, 0.05) is 24.5 Å². The maximum Gasteiger partial charge on any atom is 0.410 e. The summed E-state index contributed by atoms with van der Waals surface area (Å²) >= 11 is 0. The fourth-order valence-electron chi connectivity index (χ4n) is 2.84. The minimum atomic E-state index is -1.02. The lowest BCUT2D eigenvalue weighted by atomic mass is 9.93. The first-order valence-corrected chi connectivity index (χ1v) is 8.82. The molecular weight excluding hydrogens is 324 g/mol. The third-order valence-electron chi connectivity index (χ3n) is 4.00. The highest BCUT2D eigenvalue weighted by Gasteiger charge is 2.35. The molecule has 144 valence electrons. The molecule has 25 heavy (non-hydrogen) atoms. The summed E-state index contributed by atoms with van der Waals surface area (Å²) in [6, 6.07) is -0.185. The highest BCUT2D eigenvalue weighted by Crippen LogP contribution is 2.24. The molecule has 7 nitrogen and oxygen atoms in total. The van der Waals surface area contributed by atoms with Crippen molar-refractivity contribution in [2.45, 2.75) is 72.4 Å².